The van der Waals surface area contributed by atoms with Crippen molar-refractivity contribution in [3.63, 3.8) is 0 Å². The van der Waals surface area contributed by atoms with Gasteiger partial charge in [-0.3, -0.25) is 0 Å². The molecule has 14 aromatic rings. The molecule has 0 unspecified atom stereocenters. The summed E-state index contributed by atoms with van der Waals surface area (Å²) >= 11 is 0. The number of hydrogen-bond acceptors (Lipinski definition) is 4. The van der Waals surface area contributed by atoms with Crippen LogP contribution in [0.15, 0.2) is 267 Å². The highest BCUT2D eigenvalue weighted by Crippen LogP contribution is 2.40. The van der Waals surface area contributed by atoms with Gasteiger partial charge < -0.3 is 9.13 Å². The standard InChI is InChI=1S/C68H44N6/c1-5-19-45(20-6-1)59-43-60(46-21-7-2-8-22-46)70-67(69-59)51-27-17-29-53(39-51)73-63-33-15-13-31-55(63)57-41-49(35-37-65(57)73)50-36-38-66-58(42-50)56-32-14-16-34-64(56)74(66)54-30-18-28-52(40-54)68-71-61(47-23-9-3-10-24-47)44-62(72-68)48-25-11-4-12-26-48/h1-44H. The lowest BCUT2D eigenvalue weighted by Gasteiger charge is -2.12. The molecule has 10 aromatic carbocycles. The van der Waals surface area contributed by atoms with Gasteiger partial charge in [0.25, 0.3) is 0 Å². The largest absolute Gasteiger partial charge is 0.309 e. The molecule has 0 fully saturated rings. The molecule has 74 heavy (non-hydrogen) atoms. The van der Waals surface area contributed by atoms with Crippen LogP contribution in [0, 0.1) is 0 Å². The first-order chi connectivity index (χ1) is 36.7. The molecule has 0 atom stereocenters. The normalized spacial score (nSPS) is 11.5. The van der Waals surface area contributed by atoms with Crippen molar-refractivity contribution in [2.45, 2.75) is 0 Å². The summed E-state index contributed by atoms with van der Waals surface area (Å²) in [6, 6.07) is 94.0. The minimum atomic E-state index is 0.680. The molecule has 0 spiro atoms. The van der Waals surface area contributed by atoms with Crippen LogP contribution in [0.25, 0.3) is 134 Å². The Hall–Kier alpha value is -10.0. The summed E-state index contributed by atoms with van der Waals surface area (Å²) in [4.78, 5) is 20.7. The zero-order chi connectivity index (χ0) is 49.0. The van der Waals surface area contributed by atoms with Crippen molar-refractivity contribution >= 4 is 43.6 Å². The van der Waals surface area contributed by atoms with Crippen LogP contribution in [-0.4, -0.2) is 29.1 Å². The Morgan fingerprint density at radius 1 is 0.203 bits per heavy atom. The van der Waals surface area contributed by atoms with Crippen LogP contribution in [-0.2, 0) is 0 Å². The molecule has 6 heteroatoms. The van der Waals surface area contributed by atoms with Crippen molar-refractivity contribution in [3.8, 4) is 90.3 Å². The van der Waals surface area contributed by atoms with Crippen molar-refractivity contribution in [2.24, 2.45) is 0 Å². The summed E-state index contributed by atoms with van der Waals surface area (Å²) in [7, 11) is 0. The minimum Gasteiger partial charge on any atom is -0.309 e. The summed E-state index contributed by atoms with van der Waals surface area (Å²) in [6.45, 7) is 0. The fraction of sp³-hybridized carbons (Fsp3) is 0. The molecule has 346 valence electrons. The van der Waals surface area contributed by atoms with Crippen LogP contribution in [0.2, 0.25) is 0 Å². The number of hydrogen-bond donors (Lipinski definition) is 0. The van der Waals surface area contributed by atoms with Gasteiger partial charge in [0.1, 0.15) is 0 Å². The maximum Gasteiger partial charge on any atom is 0.160 e. The molecule has 0 saturated heterocycles. The fourth-order valence-electron chi connectivity index (χ4n) is 10.6. The predicted molar refractivity (Wildman–Crippen MR) is 304 cm³/mol. The third-order valence-corrected chi connectivity index (χ3v) is 14.1. The maximum atomic E-state index is 5.16. The van der Waals surface area contributed by atoms with Crippen molar-refractivity contribution in [1.29, 1.82) is 0 Å². The van der Waals surface area contributed by atoms with Crippen LogP contribution < -0.4 is 0 Å². The molecule has 0 saturated carbocycles. The molecule has 0 aliphatic heterocycles. The predicted octanol–water partition coefficient (Wildman–Crippen LogP) is 17.1. The third-order valence-electron chi connectivity index (χ3n) is 14.1. The zero-order valence-electron chi connectivity index (χ0n) is 40.1. The van der Waals surface area contributed by atoms with Gasteiger partial charge >= 0.3 is 0 Å². The van der Waals surface area contributed by atoms with Crippen molar-refractivity contribution in [3.05, 3.63) is 267 Å². The Labute approximate surface area is 427 Å². The van der Waals surface area contributed by atoms with E-state index in [9.17, 15) is 0 Å². The van der Waals surface area contributed by atoms with E-state index in [0.29, 0.717) is 11.6 Å². The van der Waals surface area contributed by atoms with Crippen LogP contribution in [0.4, 0.5) is 0 Å². The molecular formula is C68H44N6. The monoisotopic (exact) mass is 944 g/mol. The Morgan fingerprint density at radius 2 is 0.514 bits per heavy atom. The molecule has 0 bridgehead atoms. The maximum absolute atomic E-state index is 5.16. The van der Waals surface area contributed by atoms with E-state index in [1.165, 1.54) is 21.5 Å². The van der Waals surface area contributed by atoms with Crippen LogP contribution in [0.1, 0.15) is 0 Å². The second kappa shape index (κ2) is 18.0. The van der Waals surface area contributed by atoms with Gasteiger partial charge in [-0.25, -0.2) is 19.9 Å². The second-order valence-corrected chi connectivity index (χ2v) is 18.7. The average molecular weight is 945 g/mol. The smallest absolute Gasteiger partial charge is 0.160 e. The number of nitrogens with zero attached hydrogens (tertiary/aromatic N) is 6. The molecule has 0 aliphatic rings. The number of rotatable bonds is 9. The van der Waals surface area contributed by atoms with E-state index in [0.717, 1.165) is 101 Å². The van der Waals surface area contributed by atoms with Gasteiger partial charge in [-0.1, -0.05) is 194 Å². The average Bonchev–Trinajstić information content (AvgIpc) is 4.02. The molecule has 6 nitrogen and oxygen atoms in total. The Balaban J connectivity index is 0.856. The van der Waals surface area contributed by atoms with Gasteiger partial charge in [0.2, 0.25) is 0 Å². The minimum absolute atomic E-state index is 0.680. The molecule has 0 amide bonds. The van der Waals surface area contributed by atoms with Crippen LogP contribution in [0.3, 0.4) is 0 Å². The van der Waals surface area contributed by atoms with Crippen molar-refractivity contribution in [2.75, 3.05) is 0 Å². The van der Waals surface area contributed by atoms with E-state index in [1.54, 1.807) is 0 Å². The van der Waals surface area contributed by atoms with Crippen LogP contribution >= 0.6 is 0 Å². The summed E-state index contributed by atoms with van der Waals surface area (Å²) in [6.07, 6.45) is 0. The zero-order valence-corrected chi connectivity index (χ0v) is 40.1. The lowest BCUT2D eigenvalue weighted by molar-refractivity contribution is 1.16. The van der Waals surface area contributed by atoms with E-state index in [2.05, 4.69) is 252 Å². The van der Waals surface area contributed by atoms with E-state index in [-0.39, 0.29) is 0 Å². The highest BCUT2D eigenvalue weighted by atomic mass is 15.0. The van der Waals surface area contributed by atoms with E-state index in [1.807, 2.05) is 24.3 Å². The third kappa shape index (κ3) is 7.61. The molecule has 4 heterocycles. The van der Waals surface area contributed by atoms with Crippen molar-refractivity contribution < 1.29 is 0 Å². The summed E-state index contributed by atoms with van der Waals surface area (Å²) in [5.41, 5.74) is 18.5. The molecular weight excluding hydrogens is 901 g/mol. The number of benzene rings is 10. The van der Waals surface area contributed by atoms with E-state index < -0.39 is 0 Å². The highest BCUT2D eigenvalue weighted by Gasteiger charge is 2.19. The fourth-order valence-corrected chi connectivity index (χ4v) is 10.6. The van der Waals surface area contributed by atoms with Gasteiger partial charge in [0, 0.05) is 66.3 Å². The number of aromatic nitrogens is 6. The molecule has 14 rings (SSSR count). The SMILES string of the molecule is c1ccc(-c2cc(-c3ccccc3)nc(-c3cccc(-n4c5ccccc5c5cc(-c6ccc7c(c6)c6ccccc6n7-c6cccc(-c7nc(-c8ccccc8)cc(-c8ccccc8)n7)c6)ccc54)c3)n2)cc1. The molecule has 0 radical (unpaired) electrons. The Bertz CT molecular complexity index is 4010. The van der Waals surface area contributed by atoms with Gasteiger partial charge in [-0.15, -0.1) is 0 Å². The Morgan fingerprint density at radius 3 is 0.878 bits per heavy atom. The molecule has 4 aromatic heterocycles. The first-order valence-corrected chi connectivity index (χ1v) is 25.0. The van der Waals surface area contributed by atoms with Gasteiger partial charge in [0.05, 0.1) is 44.8 Å². The first-order valence-electron chi connectivity index (χ1n) is 25.0. The highest BCUT2D eigenvalue weighted by molar-refractivity contribution is 6.13. The quantitative estimate of drug-likeness (QED) is 0.145. The number of para-hydroxylation sites is 2. The lowest BCUT2D eigenvalue weighted by atomic mass is 10.0. The summed E-state index contributed by atoms with van der Waals surface area (Å²) in [5, 5.41) is 4.75. The van der Waals surface area contributed by atoms with E-state index >= 15 is 0 Å². The summed E-state index contributed by atoms with van der Waals surface area (Å²) < 4.78 is 4.74. The molecule has 0 aliphatic carbocycles. The topological polar surface area (TPSA) is 61.4 Å². The van der Waals surface area contributed by atoms with Gasteiger partial charge in [0.15, 0.2) is 11.6 Å². The van der Waals surface area contributed by atoms with E-state index in [4.69, 9.17) is 19.9 Å². The van der Waals surface area contributed by atoms with Crippen LogP contribution in [0.5, 0.6) is 0 Å². The second-order valence-electron chi connectivity index (χ2n) is 18.7. The van der Waals surface area contributed by atoms with Crippen molar-refractivity contribution in [1.82, 2.24) is 29.1 Å². The summed E-state index contributed by atoms with van der Waals surface area (Å²) in [5.74, 6) is 1.36. The molecule has 0 N–H and O–H groups in total. The Kier molecular flexibility index (Phi) is 10.4. The van der Waals surface area contributed by atoms with Gasteiger partial charge in [-0.2, -0.15) is 0 Å². The van der Waals surface area contributed by atoms with Gasteiger partial charge in [-0.05, 0) is 83.9 Å². The lowest BCUT2D eigenvalue weighted by Crippen LogP contribution is -1.98. The number of fused-ring (bicyclic) bond motifs is 6. The first kappa shape index (κ1) is 42.8.